The van der Waals surface area contributed by atoms with Gasteiger partial charge in [0.15, 0.2) is 0 Å². The Balaban J connectivity index is 2.25. The molecule has 0 aliphatic carbocycles. The Morgan fingerprint density at radius 3 is 1.33 bits per heavy atom. The van der Waals surface area contributed by atoms with E-state index in [1.807, 2.05) is 0 Å². The Kier molecular flexibility index (Phi) is 4.59. The summed E-state index contributed by atoms with van der Waals surface area (Å²) in [6.45, 7) is 0. The van der Waals surface area contributed by atoms with Crippen LogP contribution in [0.25, 0.3) is 22.3 Å². The van der Waals surface area contributed by atoms with Gasteiger partial charge in [-0.1, -0.05) is 36.4 Å². The van der Waals surface area contributed by atoms with Crippen molar-refractivity contribution in [3.05, 3.63) is 72.1 Å². The summed E-state index contributed by atoms with van der Waals surface area (Å²) in [5.41, 5.74) is 3.23. The highest BCUT2D eigenvalue weighted by Crippen LogP contribution is 2.43. The molecular weight excluding hydrogens is 370 g/mol. The van der Waals surface area contributed by atoms with E-state index in [0.29, 0.717) is 0 Å². The minimum absolute atomic E-state index is 0.0857. The Morgan fingerprint density at radius 1 is 0.593 bits per heavy atom. The molecule has 2 nitrogen and oxygen atoms in total. The summed E-state index contributed by atoms with van der Waals surface area (Å²) in [5, 5.41) is 0. The number of anilines is 1. The quantitative estimate of drug-likeness (QED) is 0.549. The Bertz CT molecular complexity index is 901. The molecule has 0 spiro atoms. The van der Waals surface area contributed by atoms with E-state index in [1.165, 1.54) is 36.4 Å². The van der Waals surface area contributed by atoms with Crippen LogP contribution in [0.3, 0.4) is 0 Å². The molecule has 0 amide bonds. The fourth-order valence-corrected chi connectivity index (χ4v) is 2.83. The van der Waals surface area contributed by atoms with Crippen LogP contribution in [0.1, 0.15) is 11.1 Å². The highest BCUT2D eigenvalue weighted by Gasteiger charge is 2.35. The minimum Gasteiger partial charge on any atom is -0.398 e. The van der Waals surface area contributed by atoms with Crippen LogP contribution < -0.4 is 5.73 Å². The maximum Gasteiger partial charge on any atom is 0.417 e. The van der Waals surface area contributed by atoms with Gasteiger partial charge in [0, 0.05) is 23.5 Å². The number of hydrogen-bond donors (Lipinski definition) is 1. The molecule has 27 heavy (non-hydrogen) atoms. The summed E-state index contributed by atoms with van der Waals surface area (Å²) in [6.07, 6.45) is -7.08. The molecule has 3 rings (SSSR count). The summed E-state index contributed by atoms with van der Waals surface area (Å²) in [5.74, 6) is 0. The monoisotopic (exact) mass is 382 g/mol. The highest BCUT2D eigenvalue weighted by molar-refractivity contribution is 5.90. The van der Waals surface area contributed by atoms with Crippen molar-refractivity contribution in [2.24, 2.45) is 0 Å². The van der Waals surface area contributed by atoms with Crippen LogP contribution in [-0.4, -0.2) is 4.98 Å². The van der Waals surface area contributed by atoms with Crippen LogP contribution in [0.15, 0.2) is 60.9 Å². The first-order chi connectivity index (χ1) is 12.6. The van der Waals surface area contributed by atoms with E-state index < -0.39 is 23.5 Å². The van der Waals surface area contributed by atoms with Crippen molar-refractivity contribution >= 4 is 5.69 Å². The molecule has 2 N–H and O–H groups in total. The van der Waals surface area contributed by atoms with Gasteiger partial charge in [0.25, 0.3) is 0 Å². The van der Waals surface area contributed by atoms with Gasteiger partial charge in [0.2, 0.25) is 0 Å². The minimum atomic E-state index is -4.65. The zero-order valence-electron chi connectivity index (χ0n) is 13.6. The summed E-state index contributed by atoms with van der Waals surface area (Å²) in [7, 11) is 0. The smallest absolute Gasteiger partial charge is 0.398 e. The number of hydrogen-bond acceptors (Lipinski definition) is 2. The van der Waals surface area contributed by atoms with Crippen LogP contribution in [0.2, 0.25) is 0 Å². The van der Waals surface area contributed by atoms with Crippen LogP contribution in [0.4, 0.5) is 32.0 Å². The lowest BCUT2D eigenvalue weighted by molar-refractivity contribution is -0.137. The molecule has 0 bridgehead atoms. The van der Waals surface area contributed by atoms with E-state index in [0.717, 1.165) is 24.5 Å². The van der Waals surface area contributed by atoms with Crippen LogP contribution in [0, 0.1) is 0 Å². The molecule has 0 saturated heterocycles. The van der Waals surface area contributed by atoms with Crippen LogP contribution >= 0.6 is 0 Å². The molecule has 0 aliphatic heterocycles. The number of alkyl halides is 6. The van der Waals surface area contributed by atoms with Gasteiger partial charge in [0.1, 0.15) is 0 Å². The number of nitrogens with two attached hydrogens (primary N) is 1. The number of rotatable bonds is 2. The average Bonchev–Trinajstić information content (AvgIpc) is 2.60. The lowest BCUT2D eigenvalue weighted by atomic mass is 9.93. The van der Waals surface area contributed by atoms with Crippen molar-refractivity contribution in [1.29, 1.82) is 0 Å². The molecule has 1 aromatic heterocycles. The largest absolute Gasteiger partial charge is 0.417 e. The van der Waals surface area contributed by atoms with Crippen molar-refractivity contribution in [2.75, 3.05) is 5.73 Å². The molecule has 0 fully saturated rings. The summed E-state index contributed by atoms with van der Waals surface area (Å²) in [6, 6.07) is 9.39. The number of nitrogens with zero attached hydrogens (tertiary/aromatic N) is 1. The molecule has 0 unspecified atom stereocenters. The molecule has 0 radical (unpaired) electrons. The van der Waals surface area contributed by atoms with Crippen molar-refractivity contribution in [3.8, 4) is 22.3 Å². The lowest BCUT2D eigenvalue weighted by Gasteiger charge is -2.18. The second-order valence-corrected chi connectivity index (χ2v) is 5.73. The first-order valence-electron chi connectivity index (χ1n) is 7.67. The summed E-state index contributed by atoms with van der Waals surface area (Å²) < 4.78 is 79.8. The van der Waals surface area contributed by atoms with Gasteiger partial charge in [-0.3, -0.25) is 4.98 Å². The van der Waals surface area contributed by atoms with E-state index in [-0.39, 0.29) is 27.9 Å². The third-order valence-electron chi connectivity index (χ3n) is 4.03. The summed E-state index contributed by atoms with van der Waals surface area (Å²) >= 11 is 0. The molecule has 0 atom stereocenters. The van der Waals surface area contributed by atoms with Gasteiger partial charge in [-0.2, -0.15) is 26.3 Å². The van der Waals surface area contributed by atoms with Gasteiger partial charge in [-0.25, -0.2) is 0 Å². The highest BCUT2D eigenvalue weighted by atomic mass is 19.4. The predicted octanol–water partition coefficient (Wildman–Crippen LogP) is 6.04. The molecule has 140 valence electrons. The fourth-order valence-electron chi connectivity index (χ4n) is 2.83. The Labute approximate surface area is 150 Å². The van der Waals surface area contributed by atoms with Crippen molar-refractivity contribution in [3.63, 3.8) is 0 Å². The Hall–Kier alpha value is -3.03. The molecule has 0 saturated carbocycles. The second kappa shape index (κ2) is 6.61. The zero-order valence-corrected chi connectivity index (χ0v) is 13.6. The van der Waals surface area contributed by atoms with Gasteiger partial charge < -0.3 is 5.73 Å². The van der Waals surface area contributed by atoms with Gasteiger partial charge in [0.05, 0.1) is 16.8 Å². The molecule has 0 aliphatic rings. The van der Waals surface area contributed by atoms with Gasteiger partial charge in [-0.05, 0) is 23.3 Å². The molecular formula is C19H12F6N2. The molecule has 3 aromatic rings. The molecule has 1 heterocycles. The van der Waals surface area contributed by atoms with E-state index in [4.69, 9.17) is 5.73 Å². The van der Waals surface area contributed by atoms with E-state index in [1.54, 1.807) is 0 Å². The van der Waals surface area contributed by atoms with Crippen molar-refractivity contribution in [2.45, 2.75) is 12.4 Å². The standard InChI is InChI=1S/C19H12F6N2/c20-18(21,22)15-7-3-1-5-11(15)13-9-27-10-14(17(13)26)12-6-2-4-8-16(12)19(23,24)25/h1-10H,(H2,26,27). The third-order valence-corrected chi connectivity index (χ3v) is 4.03. The maximum absolute atomic E-state index is 13.3. The lowest BCUT2D eigenvalue weighted by Crippen LogP contribution is -2.09. The first-order valence-corrected chi connectivity index (χ1v) is 7.67. The van der Waals surface area contributed by atoms with E-state index >= 15 is 0 Å². The van der Waals surface area contributed by atoms with Crippen LogP contribution in [-0.2, 0) is 12.4 Å². The molecule has 8 heteroatoms. The first kappa shape index (κ1) is 18.8. The topological polar surface area (TPSA) is 38.9 Å². The van der Waals surface area contributed by atoms with Crippen molar-refractivity contribution in [1.82, 2.24) is 4.98 Å². The average molecular weight is 382 g/mol. The number of nitrogen functional groups attached to an aromatic ring is 1. The van der Waals surface area contributed by atoms with Crippen LogP contribution in [0.5, 0.6) is 0 Å². The SMILES string of the molecule is Nc1c(-c2ccccc2C(F)(F)F)cncc1-c1ccccc1C(F)(F)F. The number of benzene rings is 2. The maximum atomic E-state index is 13.3. The predicted molar refractivity (Wildman–Crippen MR) is 89.5 cm³/mol. The van der Waals surface area contributed by atoms with Crippen molar-refractivity contribution < 1.29 is 26.3 Å². The van der Waals surface area contributed by atoms with Gasteiger partial charge >= 0.3 is 12.4 Å². The Morgan fingerprint density at radius 2 is 0.963 bits per heavy atom. The van der Waals surface area contributed by atoms with E-state index in [9.17, 15) is 26.3 Å². The summed E-state index contributed by atoms with van der Waals surface area (Å²) in [4.78, 5) is 3.83. The number of halogens is 6. The molecule has 2 aromatic carbocycles. The third kappa shape index (κ3) is 3.60. The number of pyridine rings is 1. The fraction of sp³-hybridized carbons (Fsp3) is 0.105. The second-order valence-electron chi connectivity index (χ2n) is 5.73. The number of aromatic nitrogens is 1. The normalized spacial score (nSPS) is 12.2. The van der Waals surface area contributed by atoms with Gasteiger partial charge in [-0.15, -0.1) is 0 Å². The zero-order chi connectivity index (χ0) is 19.8. The van der Waals surface area contributed by atoms with E-state index in [2.05, 4.69) is 4.98 Å².